The van der Waals surface area contributed by atoms with E-state index in [2.05, 4.69) is 20.0 Å². The number of nitrogens with zero attached hydrogens (tertiary/aromatic N) is 2. The lowest BCUT2D eigenvalue weighted by Gasteiger charge is -2.15. The lowest BCUT2D eigenvalue weighted by molar-refractivity contribution is -0.153. The number of ketones is 1. The van der Waals surface area contributed by atoms with Crippen LogP contribution in [0.5, 0.6) is 5.75 Å². The number of aromatic nitrogens is 2. The van der Waals surface area contributed by atoms with Crippen LogP contribution in [0.3, 0.4) is 0 Å². The van der Waals surface area contributed by atoms with Crippen molar-refractivity contribution in [1.82, 2.24) is 15.3 Å². The molecule has 1 atom stereocenters. The fourth-order valence-electron chi connectivity index (χ4n) is 2.31. The van der Waals surface area contributed by atoms with Crippen molar-refractivity contribution >= 4 is 11.7 Å². The van der Waals surface area contributed by atoms with Crippen LogP contribution in [0.4, 0.5) is 13.2 Å². The van der Waals surface area contributed by atoms with Crippen LogP contribution in [0.15, 0.2) is 36.7 Å². The average molecular weight is 395 g/mol. The van der Waals surface area contributed by atoms with Gasteiger partial charge < -0.3 is 10.1 Å². The molecule has 2 aromatic rings. The van der Waals surface area contributed by atoms with E-state index in [0.717, 1.165) is 11.8 Å². The van der Waals surface area contributed by atoms with Gasteiger partial charge in [-0.1, -0.05) is 6.92 Å². The SMILES string of the molecule is CCC(=O)Cc1cc(C(C)NC(=O)c2ccc(OCC(F)(F)F)cn2)ccn1. The highest BCUT2D eigenvalue weighted by molar-refractivity contribution is 5.92. The molecule has 0 aliphatic carbocycles. The van der Waals surface area contributed by atoms with Crippen LogP contribution in [-0.4, -0.2) is 34.4 Å². The van der Waals surface area contributed by atoms with E-state index in [9.17, 15) is 22.8 Å². The summed E-state index contributed by atoms with van der Waals surface area (Å²) < 4.78 is 41.0. The third-order valence-corrected chi connectivity index (χ3v) is 3.83. The third-order valence-electron chi connectivity index (χ3n) is 3.83. The molecule has 0 spiro atoms. The Labute approximate surface area is 160 Å². The highest BCUT2D eigenvalue weighted by Crippen LogP contribution is 2.18. The maximum Gasteiger partial charge on any atom is 0.422 e. The molecule has 0 saturated carbocycles. The second-order valence-corrected chi connectivity index (χ2v) is 6.13. The van der Waals surface area contributed by atoms with E-state index in [-0.39, 0.29) is 29.7 Å². The summed E-state index contributed by atoms with van der Waals surface area (Å²) in [6.07, 6.45) is -1.16. The monoisotopic (exact) mass is 395 g/mol. The van der Waals surface area contributed by atoms with Gasteiger partial charge in [-0.15, -0.1) is 0 Å². The van der Waals surface area contributed by atoms with Crippen molar-refractivity contribution in [1.29, 1.82) is 0 Å². The molecule has 2 aromatic heterocycles. The Morgan fingerprint density at radius 3 is 2.57 bits per heavy atom. The minimum Gasteiger partial charge on any atom is -0.483 e. The first kappa shape index (κ1) is 21.3. The number of Topliss-reactive ketones (excluding diaryl/α,β-unsaturated/α-hetero) is 1. The van der Waals surface area contributed by atoms with Gasteiger partial charge in [0, 0.05) is 24.7 Å². The van der Waals surface area contributed by atoms with Crippen LogP contribution < -0.4 is 10.1 Å². The summed E-state index contributed by atoms with van der Waals surface area (Å²) in [7, 11) is 0. The van der Waals surface area contributed by atoms with Crippen molar-refractivity contribution in [2.45, 2.75) is 38.9 Å². The molecule has 2 rings (SSSR count). The molecular formula is C19H20F3N3O3. The van der Waals surface area contributed by atoms with Gasteiger partial charge in [0.2, 0.25) is 0 Å². The highest BCUT2D eigenvalue weighted by Gasteiger charge is 2.28. The van der Waals surface area contributed by atoms with E-state index in [1.807, 2.05) is 0 Å². The predicted molar refractivity (Wildman–Crippen MR) is 94.9 cm³/mol. The third kappa shape index (κ3) is 6.64. The van der Waals surface area contributed by atoms with Gasteiger partial charge in [-0.25, -0.2) is 4.98 Å². The van der Waals surface area contributed by atoms with Crippen LogP contribution in [0.2, 0.25) is 0 Å². The summed E-state index contributed by atoms with van der Waals surface area (Å²) in [5.74, 6) is -0.502. The molecule has 9 heteroatoms. The largest absolute Gasteiger partial charge is 0.483 e. The van der Waals surface area contributed by atoms with E-state index in [0.29, 0.717) is 12.1 Å². The number of carbonyl (C=O) groups excluding carboxylic acids is 2. The van der Waals surface area contributed by atoms with Gasteiger partial charge in [0.25, 0.3) is 5.91 Å². The van der Waals surface area contributed by atoms with Crippen LogP contribution >= 0.6 is 0 Å². The summed E-state index contributed by atoms with van der Waals surface area (Å²) >= 11 is 0. The first-order valence-electron chi connectivity index (χ1n) is 8.61. The van der Waals surface area contributed by atoms with Crippen molar-refractivity contribution in [3.05, 3.63) is 53.6 Å². The molecule has 1 unspecified atom stereocenters. The van der Waals surface area contributed by atoms with E-state index in [4.69, 9.17) is 0 Å². The van der Waals surface area contributed by atoms with E-state index in [1.165, 1.54) is 12.1 Å². The quantitative estimate of drug-likeness (QED) is 0.741. The smallest absolute Gasteiger partial charge is 0.422 e. The Kier molecular flexibility index (Phi) is 7.08. The molecule has 1 amide bonds. The molecule has 1 N–H and O–H groups in total. The first-order chi connectivity index (χ1) is 13.2. The summed E-state index contributed by atoms with van der Waals surface area (Å²) in [4.78, 5) is 31.8. The minimum absolute atomic E-state index is 0.0432. The second-order valence-electron chi connectivity index (χ2n) is 6.13. The van der Waals surface area contributed by atoms with Crippen LogP contribution in [0, 0.1) is 0 Å². The number of hydrogen-bond acceptors (Lipinski definition) is 5. The fourth-order valence-corrected chi connectivity index (χ4v) is 2.31. The molecule has 0 saturated heterocycles. The number of carbonyl (C=O) groups is 2. The predicted octanol–water partition coefficient (Wildman–Crippen LogP) is 3.43. The Balaban J connectivity index is 1.98. The number of alkyl halides is 3. The van der Waals surface area contributed by atoms with Gasteiger partial charge in [-0.2, -0.15) is 13.2 Å². The summed E-state index contributed by atoms with van der Waals surface area (Å²) in [5.41, 5.74) is 1.43. The molecule has 6 nitrogen and oxygen atoms in total. The molecule has 0 fully saturated rings. The minimum atomic E-state index is -4.45. The Hall–Kier alpha value is -2.97. The number of ether oxygens (including phenoxy) is 1. The molecule has 0 radical (unpaired) electrons. The van der Waals surface area contributed by atoms with Crippen LogP contribution in [0.25, 0.3) is 0 Å². The molecule has 0 aliphatic rings. The van der Waals surface area contributed by atoms with Crippen molar-refractivity contribution in [2.24, 2.45) is 0 Å². The summed E-state index contributed by atoms with van der Waals surface area (Å²) in [6.45, 7) is 2.11. The second kappa shape index (κ2) is 9.29. The highest BCUT2D eigenvalue weighted by atomic mass is 19.4. The molecule has 0 aliphatic heterocycles. The summed E-state index contributed by atoms with van der Waals surface area (Å²) in [5, 5.41) is 2.75. The molecule has 2 heterocycles. The number of rotatable bonds is 8. The number of nitrogens with one attached hydrogen (secondary N) is 1. The van der Waals surface area contributed by atoms with Gasteiger partial charge in [0.15, 0.2) is 6.61 Å². The van der Waals surface area contributed by atoms with Crippen molar-refractivity contribution in [3.63, 3.8) is 0 Å². The van der Waals surface area contributed by atoms with Gasteiger partial charge >= 0.3 is 6.18 Å². The Bertz CT molecular complexity index is 823. The number of halogens is 3. The van der Waals surface area contributed by atoms with Crippen LogP contribution in [-0.2, 0) is 11.2 Å². The standard InChI is InChI=1S/C19H20F3N3O3/c1-3-15(26)9-14-8-13(6-7-23-14)12(2)25-18(27)17-5-4-16(10-24-17)28-11-19(20,21)22/h4-8,10,12H,3,9,11H2,1-2H3,(H,25,27). The zero-order valence-electron chi connectivity index (χ0n) is 15.4. The van der Waals surface area contributed by atoms with Crippen LogP contribution in [0.1, 0.15) is 48.1 Å². The molecule has 0 bridgehead atoms. The molecule has 28 heavy (non-hydrogen) atoms. The topological polar surface area (TPSA) is 81.2 Å². The number of amides is 1. The van der Waals surface area contributed by atoms with E-state index in [1.54, 1.807) is 32.2 Å². The maximum atomic E-state index is 12.3. The number of hydrogen-bond donors (Lipinski definition) is 1. The lowest BCUT2D eigenvalue weighted by Crippen LogP contribution is -2.27. The Morgan fingerprint density at radius 2 is 1.96 bits per heavy atom. The van der Waals surface area contributed by atoms with Gasteiger partial charge in [-0.3, -0.25) is 14.6 Å². The first-order valence-corrected chi connectivity index (χ1v) is 8.61. The molecular weight excluding hydrogens is 375 g/mol. The zero-order valence-corrected chi connectivity index (χ0v) is 15.4. The Morgan fingerprint density at radius 1 is 1.21 bits per heavy atom. The molecule has 150 valence electrons. The van der Waals surface area contributed by atoms with Gasteiger partial charge in [0.05, 0.1) is 12.2 Å². The van der Waals surface area contributed by atoms with Crippen molar-refractivity contribution in [2.75, 3.05) is 6.61 Å². The average Bonchev–Trinajstić information content (AvgIpc) is 2.66. The lowest BCUT2D eigenvalue weighted by atomic mass is 10.1. The number of pyridine rings is 2. The van der Waals surface area contributed by atoms with E-state index < -0.39 is 18.7 Å². The normalized spacial score (nSPS) is 12.3. The zero-order chi connectivity index (χ0) is 20.7. The van der Waals surface area contributed by atoms with Crippen molar-refractivity contribution in [3.8, 4) is 5.75 Å². The van der Waals surface area contributed by atoms with Crippen molar-refractivity contribution < 1.29 is 27.5 Å². The van der Waals surface area contributed by atoms with Gasteiger partial charge in [-0.05, 0) is 36.8 Å². The van der Waals surface area contributed by atoms with Gasteiger partial charge in [0.1, 0.15) is 17.2 Å². The maximum absolute atomic E-state index is 12.3. The fraction of sp³-hybridized carbons (Fsp3) is 0.368. The molecule has 0 aromatic carbocycles. The van der Waals surface area contributed by atoms with E-state index >= 15 is 0 Å². The summed E-state index contributed by atoms with van der Waals surface area (Å²) in [6, 6.07) is 5.63.